The monoisotopic (exact) mass is 645 g/mol. The normalized spacial score (nSPS) is 21.4. The number of amides is 2. The van der Waals surface area contributed by atoms with Crippen molar-refractivity contribution < 1.29 is 37.7 Å². The van der Waals surface area contributed by atoms with E-state index in [2.05, 4.69) is 10.3 Å². The number of hydrogen-bond donors (Lipinski definition) is 2. The first-order valence-electron chi connectivity index (χ1n) is 16.5. The Labute approximate surface area is 270 Å². The second-order valence-electron chi connectivity index (χ2n) is 14.0. The van der Waals surface area contributed by atoms with Gasteiger partial charge in [0, 0.05) is 23.8 Å². The first-order chi connectivity index (χ1) is 21.7. The van der Waals surface area contributed by atoms with E-state index in [1.54, 1.807) is 39.0 Å². The van der Waals surface area contributed by atoms with Crippen molar-refractivity contribution in [1.29, 1.82) is 0 Å². The van der Waals surface area contributed by atoms with E-state index < -0.39 is 47.4 Å². The fourth-order valence-corrected chi connectivity index (χ4v) is 7.14. The predicted octanol–water partition coefficient (Wildman–Crippen LogP) is 7.34. The van der Waals surface area contributed by atoms with Crippen molar-refractivity contribution in [3.05, 3.63) is 29.8 Å². The predicted molar refractivity (Wildman–Crippen MR) is 171 cm³/mol. The molecule has 0 radical (unpaired) electrons. The summed E-state index contributed by atoms with van der Waals surface area (Å²) >= 11 is 0. The van der Waals surface area contributed by atoms with Crippen molar-refractivity contribution in [3.63, 3.8) is 0 Å². The molecule has 2 fully saturated rings. The van der Waals surface area contributed by atoms with Crippen LogP contribution in [0.4, 0.5) is 13.6 Å². The molecule has 1 aliphatic carbocycles. The molecule has 1 aromatic carbocycles. The third-order valence-corrected chi connectivity index (χ3v) is 9.62. The van der Waals surface area contributed by atoms with E-state index in [1.165, 1.54) is 50.7 Å². The number of unbranched alkanes of at least 4 members (excludes halogenated alkanes) is 1. The SMILES string of the molecule is CC[C@@H]1[C@@H](Oc2nc3cc(OC)ccc3cc2C(F)(F)CCCCC2CCCC2)CN(C(=O)[C@@H](NC(=O)O)C(C)(C)C)[C@@H]1C(C)=O. The highest BCUT2D eigenvalue weighted by Gasteiger charge is 2.50. The summed E-state index contributed by atoms with van der Waals surface area (Å²) < 4.78 is 43.9. The molecule has 254 valence electrons. The van der Waals surface area contributed by atoms with Gasteiger partial charge in [-0.05, 0) is 49.3 Å². The Morgan fingerprint density at radius 2 is 1.83 bits per heavy atom. The lowest BCUT2D eigenvalue weighted by atomic mass is 9.85. The lowest BCUT2D eigenvalue weighted by molar-refractivity contribution is -0.141. The molecule has 11 heteroatoms. The third-order valence-electron chi connectivity index (χ3n) is 9.62. The van der Waals surface area contributed by atoms with E-state index in [0.717, 1.165) is 12.8 Å². The fraction of sp³-hybridized carbons (Fsp3) is 0.657. The molecule has 0 unspecified atom stereocenters. The van der Waals surface area contributed by atoms with Gasteiger partial charge in [0.1, 0.15) is 17.9 Å². The molecule has 9 nitrogen and oxygen atoms in total. The van der Waals surface area contributed by atoms with Gasteiger partial charge in [0.2, 0.25) is 11.8 Å². The zero-order chi connectivity index (χ0) is 33.8. The number of nitrogens with zero attached hydrogens (tertiary/aromatic N) is 2. The summed E-state index contributed by atoms with van der Waals surface area (Å²) in [7, 11) is 1.51. The van der Waals surface area contributed by atoms with Gasteiger partial charge in [-0.15, -0.1) is 0 Å². The zero-order valence-corrected chi connectivity index (χ0v) is 27.9. The number of carbonyl (C=O) groups is 3. The summed E-state index contributed by atoms with van der Waals surface area (Å²) in [6.45, 7) is 8.32. The van der Waals surface area contributed by atoms with E-state index in [0.29, 0.717) is 35.4 Å². The van der Waals surface area contributed by atoms with Crippen LogP contribution in [0.1, 0.15) is 98.0 Å². The highest BCUT2D eigenvalue weighted by molar-refractivity contribution is 5.92. The van der Waals surface area contributed by atoms with E-state index in [1.807, 2.05) is 6.92 Å². The van der Waals surface area contributed by atoms with E-state index in [4.69, 9.17) is 9.47 Å². The molecule has 4 atom stereocenters. The Hall–Kier alpha value is -3.50. The second-order valence-corrected chi connectivity index (χ2v) is 14.0. The van der Waals surface area contributed by atoms with Gasteiger partial charge in [0.15, 0.2) is 5.78 Å². The average Bonchev–Trinajstić information content (AvgIpc) is 3.64. The van der Waals surface area contributed by atoms with Crippen LogP contribution in [-0.2, 0) is 15.5 Å². The van der Waals surface area contributed by atoms with Gasteiger partial charge in [0.05, 0.1) is 30.8 Å². The number of fused-ring (bicyclic) bond motifs is 1. The van der Waals surface area contributed by atoms with Crippen molar-refractivity contribution in [3.8, 4) is 11.6 Å². The van der Waals surface area contributed by atoms with E-state index in [-0.39, 0.29) is 30.2 Å². The number of hydrogen-bond acceptors (Lipinski definition) is 6. The Morgan fingerprint density at radius 3 is 2.41 bits per heavy atom. The number of benzene rings is 1. The molecule has 1 aromatic heterocycles. The van der Waals surface area contributed by atoms with E-state index in [9.17, 15) is 19.5 Å². The maximum Gasteiger partial charge on any atom is 0.405 e. The Balaban J connectivity index is 1.68. The number of methoxy groups -OCH3 is 1. The summed E-state index contributed by atoms with van der Waals surface area (Å²) in [5.74, 6) is -3.72. The summed E-state index contributed by atoms with van der Waals surface area (Å²) in [5, 5.41) is 12.3. The van der Waals surface area contributed by atoms with Gasteiger partial charge in [0.25, 0.3) is 5.92 Å². The largest absolute Gasteiger partial charge is 0.497 e. The molecular formula is C35H49F2N3O6. The quantitative estimate of drug-likeness (QED) is 0.219. The molecule has 1 aliphatic heterocycles. The summed E-state index contributed by atoms with van der Waals surface area (Å²) in [6.07, 6.45) is 4.71. The number of rotatable bonds is 13. The minimum absolute atomic E-state index is 0.0836. The topological polar surface area (TPSA) is 118 Å². The van der Waals surface area contributed by atoms with Crippen LogP contribution in [0.2, 0.25) is 0 Å². The number of likely N-dealkylation sites (tertiary alicyclic amines) is 1. The van der Waals surface area contributed by atoms with E-state index >= 15 is 8.78 Å². The van der Waals surface area contributed by atoms with Crippen LogP contribution >= 0.6 is 0 Å². The van der Waals surface area contributed by atoms with Gasteiger partial charge in [-0.2, -0.15) is 0 Å². The molecule has 2 heterocycles. The van der Waals surface area contributed by atoms with Crippen molar-refractivity contribution >= 4 is 28.7 Å². The number of pyridine rings is 1. The Bertz CT molecular complexity index is 1400. The van der Waals surface area contributed by atoms with Gasteiger partial charge in [-0.3, -0.25) is 9.59 Å². The number of aromatic nitrogens is 1. The van der Waals surface area contributed by atoms with Gasteiger partial charge in [-0.1, -0.05) is 66.2 Å². The van der Waals surface area contributed by atoms with Gasteiger partial charge in [-0.25, -0.2) is 18.6 Å². The van der Waals surface area contributed by atoms with Crippen molar-refractivity contribution in [1.82, 2.24) is 15.2 Å². The number of ketones is 1. The first-order valence-corrected chi connectivity index (χ1v) is 16.5. The molecule has 2 N–H and O–H groups in total. The standard InChI is InChI=1S/C35H49F2N3O6/c1-7-25-28(20-40(29(25)21(2)41)32(42)30(34(3,4)5)39-33(43)44)46-31-26(18-23-15-16-24(45-6)19-27(23)38-31)35(36,37)17-11-10-14-22-12-8-9-13-22/h15-16,18-19,22,25,28-30,39H,7-14,17,20H2,1-6H3,(H,43,44)/t25-,28+,29-,30-/m1/s1. The first kappa shape index (κ1) is 35.4. The smallest absolute Gasteiger partial charge is 0.405 e. The maximum atomic E-state index is 16.1. The Kier molecular flexibility index (Phi) is 11.2. The Morgan fingerprint density at radius 1 is 1.13 bits per heavy atom. The molecule has 0 bridgehead atoms. The highest BCUT2D eigenvalue weighted by atomic mass is 19.3. The summed E-state index contributed by atoms with van der Waals surface area (Å²) in [6, 6.07) is 4.39. The molecule has 4 rings (SSSR count). The van der Waals surface area contributed by atoms with Crippen LogP contribution < -0.4 is 14.8 Å². The van der Waals surface area contributed by atoms with Crippen molar-refractivity contribution in [2.45, 2.75) is 117 Å². The summed E-state index contributed by atoms with van der Waals surface area (Å²) in [5.41, 5.74) is -0.718. The fourth-order valence-electron chi connectivity index (χ4n) is 7.14. The number of Topliss-reactive ketones (excluding diaryl/α,β-unsaturated/α-hetero) is 1. The number of carboxylic acid groups (broad SMARTS) is 1. The number of carbonyl (C=O) groups excluding carboxylic acids is 2. The van der Waals surface area contributed by atoms with Gasteiger partial charge >= 0.3 is 6.09 Å². The van der Waals surface area contributed by atoms with Crippen LogP contribution in [0.25, 0.3) is 10.9 Å². The average molecular weight is 646 g/mol. The summed E-state index contributed by atoms with van der Waals surface area (Å²) in [4.78, 5) is 44.4. The van der Waals surface area contributed by atoms with Crippen LogP contribution in [0, 0.1) is 17.3 Å². The molecule has 46 heavy (non-hydrogen) atoms. The van der Waals surface area contributed by atoms with Gasteiger partial charge < -0.3 is 24.8 Å². The van der Waals surface area contributed by atoms with Crippen LogP contribution in [0.5, 0.6) is 11.6 Å². The maximum absolute atomic E-state index is 16.1. The number of nitrogens with one attached hydrogen (secondary N) is 1. The minimum atomic E-state index is -3.23. The number of alkyl halides is 2. The van der Waals surface area contributed by atoms with Crippen molar-refractivity contribution in [2.75, 3.05) is 13.7 Å². The second kappa shape index (κ2) is 14.5. The number of halogens is 2. The zero-order valence-electron chi connectivity index (χ0n) is 27.9. The highest BCUT2D eigenvalue weighted by Crippen LogP contribution is 2.43. The van der Waals surface area contributed by atoms with Crippen molar-refractivity contribution in [2.24, 2.45) is 17.3 Å². The molecule has 0 spiro atoms. The molecular weight excluding hydrogens is 596 g/mol. The molecule has 1 saturated heterocycles. The molecule has 2 aliphatic rings. The number of ether oxygens (including phenoxy) is 2. The molecule has 2 aromatic rings. The molecule has 2 amide bonds. The lowest BCUT2D eigenvalue weighted by Gasteiger charge is -2.35. The van der Waals surface area contributed by atoms with Crippen LogP contribution in [-0.4, -0.2) is 64.6 Å². The lowest BCUT2D eigenvalue weighted by Crippen LogP contribution is -2.56. The van der Waals surface area contributed by atoms with Crippen LogP contribution in [0.3, 0.4) is 0 Å². The minimum Gasteiger partial charge on any atom is -0.497 e. The van der Waals surface area contributed by atoms with Crippen LogP contribution in [0.15, 0.2) is 24.3 Å². The molecule has 1 saturated carbocycles. The third kappa shape index (κ3) is 8.07.